The molecule has 1 N–H and O–H groups in total. The minimum absolute atomic E-state index is 0.196. The van der Waals surface area contributed by atoms with E-state index in [-0.39, 0.29) is 5.97 Å². The Morgan fingerprint density at radius 1 is 1.14 bits per heavy atom. The van der Waals surface area contributed by atoms with Gasteiger partial charge in [-0.25, -0.2) is 0 Å². The van der Waals surface area contributed by atoms with Crippen LogP contribution in [-0.4, -0.2) is 53.1 Å². The lowest BCUT2D eigenvalue weighted by Crippen LogP contribution is -2.23. The van der Waals surface area contributed by atoms with E-state index in [4.69, 9.17) is 9.47 Å². The van der Waals surface area contributed by atoms with Crippen LogP contribution in [0, 0.1) is 0 Å². The van der Waals surface area contributed by atoms with E-state index in [9.17, 15) is 4.79 Å². The van der Waals surface area contributed by atoms with E-state index in [2.05, 4.69) is 10.1 Å². The summed E-state index contributed by atoms with van der Waals surface area (Å²) < 4.78 is 14.5. The van der Waals surface area contributed by atoms with Crippen LogP contribution in [0.3, 0.4) is 0 Å². The standard InChI is InChI=1S/C9H19NO4/c1-12-7-8-14-6-5-10-4-3-9(11)13-2/h10H,3-8H2,1-2H3. The van der Waals surface area contributed by atoms with Crippen LogP contribution >= 0.6 is 0 Å². The van der Waals surface area contributed by atoms with Crippen molar-refractivity contribution in [1.82, 2.24) is 5.32 Å². The van der Waals surface area contributed by atoms with Crippen LogP contribution < -0.4 is 5.32 Å². The molecule has 14 heavy (non-hydrogen) atoms. The molecule has 0 aliphatic heterocycles. The Balaban J connectivity index is 2.95. The summed E-state index contributed by atoms with van der Waals surface area (Å²) in [5.41, 5.74) is 0. The van der Waals surface area contributed by atoms with E-state index in [1.807, 2.05) is 0 Å². The number of rotatable bonds is 9. The second kappa shape index (κ2) is 10.4. The highest BCUT2D eigenvalue weighted by Gasteiger charge is 1.97. The second-order valence-electron chi connectivity index (χ2n) is 2.68. The Hall–Kier alpha value is -0.650. The molecule has 0 saturated carbocycles. The second-order valence-corrected chi connectivity index (χ2v) is 2.68. The lowest BCUT2D eigenvalue weighted by atomic mass is 10.4. The molecule has 5 heteroatoms. The molecule has 0 aliphatic rings. The molecule has 5 nitrogen and oxygen atoms in total. The lowest BCUT2D eigenvalue weighted by Gasteiger charge is -2.04. The Morgan fingerprint density at radius 3 is 2.57 bits per heavy atom. The molecule has 0 aromatic heterocycles. The first-order valence-corrected chi connectivity index (χ1v) is 4.65. The van der Waals surface area contributed by atoms with Gasteiger partial charge in [-0.1, -0.05) is 0 Å². The van der Waals surface area contributed by atoms with Crippen molar-refractivity contribution in [3.8, 4) is 0 Å². The highest BCUT2D eigenvalue weighted by atomic mass is 16.5. The van der Waals surface area contributed by atoms with Gasteiger partial charge in [0.05, 0.1) is 33.4 Å². The largest absolute Gasteiger partial charge is 0.469 e. The van der Waals surface area contributed by atoms with Crippen LogP contribution in [0.5, 0.6) is 0 Å². The molecule has 0 aromatic rings. The van der Waals surface area contributed by atoms with Crippen LogP contribution in [0.2, 0.25) is 0 Å². The van der Waals surface area contributed by atoms with Crippen molar-refractivity contribution in [2.24, 2.45) is 0 Å². The van der Waals surface area contributed by atoms with Gasteiger partial charge in [0.25, 0.3) is 0 Å². The average Bonchev–Trinajstić information content (AvgIpc) is 2.21. The third-order valence-electron chi connectivity index (χ3n) is 1.59. The molecule has 0 aromatic carbocycles. The van der Waals surface area contributed by atoms with Crippen molar-refractivity contribution >= 4 is 5.97 Å². The molecule has 84 valence electrons. The van der Waals surface area contributed by atoms with Crippen molar-refractivity contribution in [1.29, 1.82) is 0 Å². The molecule has 0 heterocycles. The molecule has 0 spiro atoms. The molecule has 0 aliphatic carbocycles. The third-order valence-corrected chi connectivity index (χ3v) is 1.59. The van der Waals surface area contributed by atoms with Crippen molar-refractivity contribution in [3.05, 3.63) is 0 Å². The van der Waals surface area contributed by atoms with Gasteiger partial charge in [-0.2, -0.15) is 0 Å². The van der Waals surface area contributed by atoms with E-state index < -0.39 is 0 Å². The number of esters is 1. The normalized spacial score (nSPS) is 10.1. The van der Waals surface area contributed by atoms with Crippen molar-refractivity contribution < 1.29 is 19.0 Å². The van der Waals surface area contributed by atoms with Gasteiger partial charge in [0.1, 0.15) is 0 Å². The van der Waals surface area contributed by atoms with E-state index >= 15 is 0 Å². The van der Waals surface area contributed by atoms with Crippen LogP contribution in [0.25, 0.3) is 0 Å². The van der Waals surface area contributed by atoms with Gasteiger partial charge < -0.3 is 19.5 Å². The van der Waals surface area contributed by atoms with E-state index in [1.54, 1.807) is 7.11 Å². The summed E-state index contributed by atoms with van der Waals surface area (Å²) in [6, 6.07) is 0. The molecule has 0 radical (unpaired) electrons. The summed E-state index contributed by atoms with van der Waals surface area (Å²) in [4.78, 5) is 10.7. The lowest BCUT2D eigenvalue weighted by molar-refractivity contribution is -0.140. The van der Waals surface area contributed by atoms with E-state index in [1.165, 1.54) is 7.11 Å². The zero-order chi connectivity index (χ0) is 10.6. The average molecular weight is 205 g/mol. The molecular weight excluding hydrogens is 186 g/mol. The Bertz CT molecular complexity index is 141. The zero-order valence-corrected chi connectivity index (χ0v) is 8.88. The number of ether oxygens (including phenoxy) is 3. The highest BCUT2D eigenvalue weighted by molar-refractivity contribution is 5.69. The fourth-order valence-electron chi connectivity index (χ4n) is 0.806. The summed E-state index contributed by atoms with van der Waals surface area (Å²) in [5, 5.41) is 3.06. The molecule has 0 amide bonds. The van der Waals surface area contributed by atoms with Gasteiger partial charge in [-0.05, 0) is 0 Å². The topological polar surface area (TPSA) is 56.8 Å². The number of hydrogen-bond donors (Lipinski definition) is 1. The molecule has 0 atom stereocenters. The first kappa shape index (κ1) is 13.4. The predicted molar refractivity (Wildman–Crippen MR) is 52.2 cm³/mol. The van der Waals surface area contributed by atoms with E-state index in [0.717, 1.165) is 6.54 Å². The summed E-state index contributed by atoms with van der Waals surface area (Å²) in [7, 11) is 3.02. The van der Waals surface area contributed by atoms with Gasteiger partial charge in [0.15, 0.2) is 0 Å². The maximum atomic E-state index is 10.7. The molecule has 0 bridgehead atoms. The summed E-state index contributed by atoms with van der Waals surface area (Å²) in [6.45, 7) is 3.21. The van der Waals surface area contributed by atoms with Crippen LogP contribution in [-0.2, 0) is 19.0 Å². The minimum Gasteiger partial charge on any atom is -0.469 e. The third kappa shape index (κ3) is 9.44. The highest BCUT2D eigenvalue weighted by Crippen LogP contribution is 1.81. The predicted octanol–water partition coefficient (Wildman–Crippen LogP) is -0.198. The van der Waals surface area contributed by atoms with Gasteiger partial charge >= 0.3 is 5.97 Å². The monoisotopic (exact) mass is 205 g/mol. The number of carbonyl (C=O) groups excluding carboxylic acids is 1. The molecule has 0 unspecified atom stereocenters. The smallest absolute Gasteiger partial charge is 0.306 e. The van der Waals surface area contributed by atoms with Crippen LogP contribution in [0.15, 0.2) is 0 Å². The SMILES string of the molecule is COCCOCCNCCC(=O)OC. The maximum absolute atomic E-state index is 10.7. The summed E-state index contributed by atoms with van der Waals surface area (Å²) >= 11 is 0. The van der Waals surface area contributed by atoms with Crippen LogP contribution in [0.1, 0.15) is 6.42 Å². The van der Waals surface area contributed by atoms with Gasteiger partial charge in [-0.15, -0.1) is 0 Å². The molecule has 0 rings (SSSR count). The Morgan fingerprint density at radius 2 is 1.93 bits per heavy atom. The number of nitrogens with one attached hydrogen (secondary N) is 1. The van der Waals surface area contributed by atoms with Crippen LogP contribution in [0.4, 0.5) is 0 Å². The summed E-state index contributed by atoms with van der Waals surface area (Å²) in [6.07, 6.45) is 0.397. The minimum atomic E-state index is -0.196. The molecule has 0 fully saturated rings. The number of hydrogen-bond acceptors (Lipinski definition) is 5. The summed E-state index contributed by atoms with van der Waals surface area (Å²) in [5.74, 6) is -0.196. The number of methoxy groups -OCH3 is 2. The first-order valence-electron chi connectivity index (χ1n) is 4.65. The Labute approximate surface area is 84.7 Å². The number of carbonyl (C=O) groups is 1. The van der Waals surface area contributed by atoms with Gasteiger partial charge in [0, 0.05) is 20.2 Å². The van der Waals surface area contributed by atoms with Crippen molar-refractivity contribution in [2.45, 2.75) is 6.42 Å². The fourth-order valence-corrected chi connectivity index (χ4v) is 0.806. The van der Waals surface area contributed by atoms with Gasteiger partial charge in [0.2, 0.25) is 0 Å². The fraction of sp³-hybridized carbons (Fsp3) is 0.889. The zero-order valence-electron chi connectivity index (χ0n) is 8.88. The molecule has 0 saturated heterocycles. The molecular formula is C9H19NO4. The first-order chi connectivity index (χ1) is 6.81. The van der Waals surface area contributed by atoms with Crippen molar-refractivity contribution in [2.75, 3.05) is 47.1 Å². The maximum Gasteiger partial charge on any atom is 0.306 e. The van der Waals surface area contributed by atoms with E-state index in [0.29, 0.717) is 32.8 Å². The van der Waals surface area contributed by atoms with Gasteiger partial charge in [-0.3, -0.25) is 4.79 Å². The quantitative estimate of drug-likeness (QED) is 0.417. The van der Waals surface area contributed by atoms with Crippen molar-refractivity contribution in [3.63, 3.8) is 0 Å². The Kier molecular flexibility index (Phi) is 9.95.